The van der Waals surface area contributed by atoms with Gasteiger partial charge in [0, 0.05) is 66.7 Å². The van der Waals surface area contributed by atoms with E-state index in [-0.39, 0.29) is 0 Å². The van der Waals surface area contributed by atoms with Gasteiger partial charge >= 0.3 is 0 Å². The third-order valence-electron chi connectivity index (χ3n) is 11.3. The molecule has 0 N–H and O–H groups in total. The van der Waals surface area contributed by atoms with Crippen LogP contribution >= 0.6 is 0 Å². The van der Waals surface area contributed by atoms with E-state index in [0.29, 0.717) is 0 Å². The number of benzene rings is 9. The Morgan fingerprint density at radius 1 is 0.357 bits per heavy atom. The summed E-state index contributed by atoms with van der Waals surface area (Å²) >= 11 is 0. The second-order valence-electron chi connectivity index (χ2n) is 14.5. The summed E-state index contributed by atoms with van der Waals surface area (Å²) in [5, 5.41) is 9.36. The molecule has 0 saturated carbocycles. The highest BCUT2D eigenvalue weighted by atomic mass is 16.3. The molecule has 262 valence electrons. The van der Waals surface area contributed by atoms with Crippen LogP contribution in [0, 0.1) is 0 Å². The fraction of sp³-hybridized carbons (Fsp3) is 0. The quantitative estimate of drug-likeness (QED) is 0.178. The lowest BCUT2D eigenvalue weighted by atomic mass is 10.00. The predicted molar refractivity (Wildman–Crippen MR) is 233 cm³/mol. The Bertz CT molecular complexity index is 3480. The summed E-state index contributed by atoms with van der Waals surface area (Å²) in [6.45, 7) is 0. The van der Waals surface area contributed by atoms with Gasteiger partial charge in [-0.3, -0.25) is 0 Å². The molecule has 0 bridgehead atoms. The first-order valence-electron chi connectivity index (χ1n) is 19.0. The number of furan rings is 2. The van der Waals surface area contributed by atoms with E-state index in [2.05, 4.69) is 185 Å². The van der Waals surface area contributed by atoms with Crippen molar-refractivity contribution in [3.8, 4) is 16.8 Å². The zero-order chi connectivity index (χ0) is 36.7. The average molecular weight is 717 g/mol. The van der Waals surface area contributed by atoms with Crippen LogP contribution in [0.25, 0.3) is 93.3 Å². The van der Waals surface area contributed by atoms with Crippen molar-refractivity contribution in [3.05, 3.63) is 194 Å². The number of hydrogen-bond donors (Lipinski definition) is 0. The van der Waals surface area contributed by atoms with Crippen molar-refractivity contribution >= 4 is 93.5 Å². The normalized spacial score (nSPS) is 11.9. The van der Waals surface area contributed by atoms with Gasteiger partial charge in [0.15, 0.2) is 0 Å². The van der Waals surface area contributed by atoms with Crippen LogP contribution in [0.2, 0.25) is 0 Å². The minimum absolute atomic E-state index is 0.864. The second kappa shape index (κ2) is 12.0. The van der Waals surface area contributed by atoms with Crippen molar-refractivity contribution in [2.45, 2.75) is 0 Å². The van der Waals surface area contributed by atoms with Crippen LogP contribution in [-0.4, -0.2) is 4.57 Å². The van der Waals surface area contributed by atoms with Gasteiger partial charge in [-0.05, 0) is 95.2 Å². The summed E-state index contributed by atoms with van der Waals surface area (Å²) < 4.78 is 15.4. The van der Waals surface area contributed by atoms with Crippen LogP contribution in [0.3, 0.4) is 0 Å². The molecule has 0 saturated heterocycles. The summed E-state index contributed by atoms with van der Waals surface area (Å²) in [7, 11) is 0. The first kappa shape index (κ1) is 30.9. The van der Waals surface area contributed by atoms with Gasteiger partial charge < -0.3 is 18.3 Å². The molecule has 0 aliphatic heterocycles. The number of anilines is 3. The van der Waals surface area contributed by atoms with Crippen LogP contribution in [-0.2, 0) is 0 Å². The lowest BCUT2D eigenvalue weighted by Crippen LogP contribution is -2.09. The monoisotopic (exact) mass is 716 g/mol. The maximum absolute atomic E-state index is 6.70. The van der Waals surface area contributed by atoms with E-state index in [9.17, 15) is 0 Å². The molecule has 4 heteroatoms. The van der Waals surface area contributed by atoms with E-state index in [1.807, 2.05) is 18.2 Å². The van der Waals surface area contributed by atoms with Crippen molar-refractivity contribution in [3.63, 3.8) is 0 Å². The maximum atomic E-state index is 6.70. The van der Waals surface area contributed by atoms with E-state index in [0.717, 1.165) is 77.8 Å². The minimum atomic E-state index is 0.864. The molecule has 9 aromatic carbocycles. The number of hydrogen-bond acceptors (Lipinski definition) is 3. The molecule has 0 fully saturated rings. The zero-order valence-corrected chi connectivity index (χ0v) is 30.2. The topological polar surface area (TPSA) is 34.5 Å². The fourth-order valence-corrected chi connectivity index (χ4v) is 8.76. The SMILES string of the molecule is c1ccc(N(c2ccc(-c3cc(-n4c5ccccc5c5cc6ccccc6cc54)cc4c3oc3ccccc34)cc2)c2ccc3c(c2)oc2ccccc23)cc1. The van der Waals surface area contributed by atoms with Gasteiger partial charge in [-0.1, -0.05) is 109 Å². The molecule has 12 rings (SSSR count). The van der Waals surface area contributed by atoms with E-state index in [1.54, 1.807) is 0 Å². The van der Waals surface area contributed by atoms with Crippen molar-refractivity contribution in [1.29, 1.82) is 0 Å². The number of para-hydroxylation sites is 4. The van der Waals surface area contributed by atoms with Gasteiger partial charge in [-0.15, -0.1) is 0 Å². The Morgan fingerprint density at radius 2 is 0.964 bits per heavy atom. The van der Waals surface area contributed by atoms with Gasteiger partial charge in [0.05, 0.1) is 11.0 Å². The Balaban J connectivity index is 1.05. The van der Waals surface area contributed by atoms with Gasteiger partial charge in [0.25, 0.3) is 0 Å². The number of aromatic nitrogens is 1. The largest absolute Gasteiger partial charge is 0.456 e. The maximum Gasteiger partial charge on any atom is 0.143 e. The molecule has 0 unspecified atom stereocenters. The van der Waals surface area contributed by atoms with Gasteiger partial charge in [-0.25, -0.2) is 0 Å². The Morgan fingerprint density at radius 3 is 1.77 bits per heavy atom. The third kappa shape index (κ3) is 4.66. The average Bonchev–Trinajstić information content (AvgIpc) is 3.92. The van der Waals surface area contributed by atoms with Crippen molar-refractivity contribution in [2.75, 3.05) is 4.90 Å². The first-order valence-corrected chi connectivity index (χ1v) is 19.0. The van der Waals surface area contributed by atoms with Crippen LogP contribution in [0.5, 0.6) is 0 Å². The molecule has 0 radical (unpaired) electrons. The van der Waals surface area contributed by atoms with E-state index >= 15 is 0 Å². The van der Waals surface area contributed by atoms with E-state index < -0.39 is 0 Å². The highest BCUT2D eigenvalue weighted by molar-refractivity contribution is 6.15. The molecule has 3 heterocycles. The molecule has 3 aromatic heterocycles. The molecule has 0 spiro atoms. The molecule has 56 heavy (non-hydrogen) atoms. The summed E-state index contributed by atoms with van der Waals surface area (Å²) in [6, 6.07) is 69.0. The van der Waals surface area contributed by atoms with E-state index in [1.165, 1.54) is 32.6 Å². The lowest BCUT2D eigenvalue weighted by Gasteiger charge is -2.25. The van der Waals surface area contributed by atoms with Crippen LogP contribution in [0.1, 0.15) is 0 Å². The smallest absolute Gasteiger partial charge is 0.143 e. The molecular weight excluding hydrogens is 685 g/mol. The predicted octanol–water partition coefficient (Wildman–Crippen LogP) is 14.9. The van der Waals surface area contributed by atoms with Crippen molar-refractivity contribution in [2.24, 2.45) is 0 Å². The van der Waals surface area contributed by atoms with Crippen LogP contribution in [0.15, 0.2) is 203 Å². The summed E-state index contributed by atoms with van der Waals surface area (Å²) in [6.07, 6.45) is 0. The molecule has 4 nitrogen and oxygen atoms in total. The summed E-state index contributed by atoms with van der Waals surface area (Å²) in [5.74, 6) is 0. The lowest BCUT2D eigenvalue weighted by molar-refractivity contribution is 0.669. The van der Waals surface area contributed by atoms with Gasteiger partial charge in [-0.2, -0.15) is 0 Å². The summed E-state index contributed by atoms with van der Waals surface area (Å²) in [5.41, 5.74) is 12.2. The molecule has 12 aromatic rings. The Hall–Kier alpha value is -7.56. The minimum Gasteiger partial charge on any atom is -0.456 e. The van der Waals surface area contributed by atoms with Gasteiger partial charge in [0.1, 0.15) is 22.3 Å². The summed E-state index contributed by atoms with van der Waals surface area (Å²) in [4.78, 5) is 2.28. The molecule has 0 amide bonds. The molecular formula is C52H32N2O2. The molecule has 0 aliphatic carbocycles. The number of rotatable bonds is 5. The van der Waals surface area contributed by atoms with E-state index in [4.69, 9.17) is 8.83 Å². The van der Waals surface area contributed by atoms with Gasteiger partial charge in [0.2, 0.25) is 0 Å². The highest BCUT2D eigenvalue weighted by Gasteiger charge is 2.20. The second-order valence-corrected chi connectivity index (χ2v) is 14.5. The zero-order valence-electron chi connectivity index (χ0n) is 30.2. The Labute approximate surface area is 321 Å². The number of fused-ring (bicyclic) bond motifs is 10. The van der Waals surface area contributed by atoms with Crippen LogP contribution < -0.4 is 4.90 Å². The fourth-order valence-electron chi connectivity index (χ4n) is 8.76. The first-order chi connectivity index (χ1) is 27.7. The third-order valence-corrected chi connectivity index (χ3v) is 11.3. The van der Waals surface area contributed by atoms with Crippen molar-refractivity contribution in [1.82, 2.24) is 4.57 Å². The standard InChI is InChI=1S/C52H32N2O2/c1-2-14-36(15-3-1)53(38-26-27-43-41-17-7-10-20-49(41)55-51(43)32-38)37-24-22-33(23-25-37)44-30-39(31-46-42-18-8-11-21-50(42)56-52(44)46)54-47-19-9-6-16-40(47)45-28-34-12-4-5-13-35(34)29-48(45)54/h1-32H. The molecule has 0 aliphatic rings. The number of nitrogens with zero attached hydrogens (tertiary/aromatic N) is 2. The van der Waals surface area contributed by atoms with Crippen LogP contribution in [0.4, 0.5) is 17.1 Å². The van der Waals surface area contributed by atoms with Crippen molar-refractivity contribution < 1.29 is 8.83 Å². The molecule has 0 atom stereocenters. The highest BCUT2D eigenvalue weighted by Crippen LogP contribution is 2.43. The Kier molecular flexibility index (Phi) is 6.60.